The van der Waals surface area contributed by atoms with Crippen LogP contribution in [0.25, 0.3) is 0 Å². The van der Waals surface area contributed by atoms with Gasteiger partial charge in [0.1, 0.15) is 0 Å². The average Bonchev–Trinajstić information content (AvgIpc) is 1.12. The molecular weight excluding hydrogens is 248 g/mol. The Bertz CT molecular complexity index is 215. The van der Waals surface area contributed by atoms with Crippen LogP contribution < -0.4 is 0 Å². The van der Waals surface area contributed by atoms with E-state index in [-0.39, 0.29) is 17.1 Å². The zero-order valence-corrected chi connectivity index (χ0v) is 8.14. The van der Waals surface area contributed by atoms with Crippen molar-refractivity contribution in [1.82, 2.24) is 0 Å². The van der Waals surface area contributed by atoms with Crippen molar-refractivity contribution in [1.29, 1.82) is 0 Å². The molecular formula is C2H6CuO6S2. The standard InChI is InChI=1S/2CH4O3S.Cu/c2*1-5(2,3)4;/h2*1H3,(H,2,3,4);/q;;+2/p-2. The predicted octanol–water partition coefficient (Wildman–Crippen LogP) is -1.68. The van der Waals surface area contributed by atoms with Gasteiger partial charge in [0.15, 0.2) is 0 Å². The Morgan fingerprint density at radius 1 is 0.818 bits per heavy atom. The first kappa shape index (κ1) is 17.4. The van der Waals surface area contributed by atoms with Crippen LogP contribution in [0.3, 0.4) is 0 Å². The van der Waals surface area contributed by atoms with Gasteiger partial charge in [0, 0.05) is 12.5 Å². The SMILES string of the molecule is CS(=O)(=O)[O-].CS(=O)(=O)[O-].[Cu+2]. The van der Waals surface area contributed by atoms with Crippen molar-refractivity contribution in [3.05, 3.63) is 0 Å². The summed E-state index contributed by atoms with van der Waals surface area (Å²) >= 11 is 0. The zero-order chi connectivity index (χ0) is 9.00. The van der Waals surface area contributed by atoms with E-state index >= 15 is 0 Å². The Hall–Kier alpha value is 0.339. The van der Waals surface area contributed by atoms with Crippen molar-refractivity contribution in [3.63, 3.8) is 0 Å². The molecule has 0 N–H and O–H groups in total. The van der Waals surface area contributed by atoms with E-state index < -0.39 is 20.2 Å². The van der Waals surface area contributed by atoms with Crippen molar-refractivity contribution < 1.29 is 43.0 Å². The maximum Gasteiger partial charge on any atom is 2.00 e. The van der Waals surface area contributed by atoms with E-state index in [1.807, 2.05) is 0 Å². The third kappa shape index (κ3) is 6240. The summed E-state index contributed by atoms with van der Waals surface area (Å²) in [5, 5.41) is 0. The van der Waals surface area contributed by atoms with Gasteiger partial charge in [-0.05, 0) is 0 Å². The summed E-state index contributed by atoms with van der Waals surface area (Å²) in [6.07, 6.45) is 1.21. The quantitative estimate of drug-likeness (QED) is 0.376. The number of rotatable bonds is 0. The molecule has 0 bridgehead atoms. The summed E-state index contributed by atoms with van der Waals surface area (Å²) in [4.78, 5) is 0. The fourth-order valence-corrected chi connectivity index (χ4v) is 0. The second kappa shape index (κ2) is 5.92. The molecule has 73 valence electrons. The molecule has 0 amide bonds. The molecule has 11 heavy (non-hydrogen) atoms. The largest absolute Gasteiger partial charge is 2.00 e. The smallest absolute Gasteiger partial charge is 0.748 e. The van der Waals surface area contributed by atoms with E-state index in [9.17, 15) is 0 Å². The van der Waals surface area contributed by atoms with Crippen molar-refractivity contribution in [2.75, 3.05) is 12.5 Å². The third-order valence-electron chi connectivity index (χ3n) is 0. The van der Waals surface area contributed by atoms with Crippen LogP contribution in [-0.2, 0) is 37.3 Å². The number of hydrogen-bond acceptors (Lipinski definition) is 6. The Labute approximate surface area is 76.0 Å². The fraction of sp³-hybridized carbons (Fsp3) is 1.00. The van der Waals surface area contributed by atoms with Gasteiger partial charge < -0.3 is 9.11 Å². The molecule has 0 aliphatic heterocycles. The fourth-order valence-electron chi connectivity index (χ4n) is 0. The number of hydrogen-bond donors (Lipinski definition) is 0. The van der Waals surface area contributed by atoms with E-state index in [0.717, 1.165) is 0 Å². The molecule has 0 heterocycles. The molecule has 0 aliphatic rings. The molecule has 0 rings (SSSR count). The van der Waals surface area contributed by atoms with E-state index in [2.05, 4.69) is 0 Å². The molecule has 0 aromatic carbocycles. The molecule has 0 unspecified atom stereocenters. The summed E-state index contributed by atoms with van der Waals surface area (Å²) in [5.74, 6) is 0. The first-order valence-corrected chi connectivity index (χ1v) is 5.45. The van der Waals surface area contributed by atoms with Crippen molar-refractivity contribution in [3.8, 4) is 0 Å². The topological polar surface area (TPSA) is 114 Å². The van der Waals surface area contributed by atoms with Crippen LogP contribution in [0.4, 0.5) is 0 Å². The summed E-state index contributed by atoms with van der Waals surface area (Å²) in [6, 6.07) is 0. The van der Waals surface area contributed by atoms with E-state index in [0.29, 0.717) is 12.5 Å². The predicted molar refractivity (Wildman–Crippen MR) is 31.2 cm³/mol. The van der Waals surface area contributed by atoms with Gasteiger partial charge >= 0.3 is 17.1 Å². The van der Waals surface area contributed by atoms with E-state index in [4.69, 9.17) is 25.9 Å². The molecule has 0 fully saturated rings. The first-order valence-electron chi connectivity index (χ1n) is 1.82. The summed E-state index contributed by atoms with van der Waals surface area (Å²) in [6.45, 7) is 0. The van der Waals surface area contributed by atoms with Crippen LogP contribution in [0, 0.1) is 0 Å². The van der Waals surface area contributed by atoms with Gasteiger partial charge in [0.25, 0.3) is 0 Å². The van der Waals surface area contributed by atoms with Crippen LogP contribution in [0.5, 0.6) is 0 Å². The van der Waals surface area contributed by atoms with Gasteiger partial charge in [-0.3, -0.25) is 0 Å². The third-order valence-corrected chi connectivity index (χ3v) is 0. The van der Waals surface area contributed by atoms with Crippen molar-refractivity contribution in [2.24, 2.45) is 0 Å². The van der Waals surface area contributed by atoms with Crippen LogP contribution >= 0.6 is 0 Å². The summed E-state index contributed by atoms with van der Waals surface area (Å²) in [7, 11) is -7.83. The van der Waals surface area contributed by atoms with Crippen molar-refractivity contribution >= 4 is 20.2 Å². The monoisotopic (exact) mass is 253 g/mol. The van der Waals surface area contributed by atoms with Gasteiger partial charge in [0.2, 0.25) is 0 Å². The summed E-state index contributed by atoms with van der Waals surface area (Å²) < 4.78 is 54.5. The zero-order valence-electron chi connectivity index (χ0n) is 5.57. The Morgan fingerprint density at radius 2 is 0.818 bits per heavy atom. The molecule has 0 atom stereocenters. The minimum absolute atomic E-state index is 0. The Balaban J connectivity index is -0.000000107. The molecule has 0 saturated heterocycles. The average molecular weight is 254 g/mol. The summed E-state index contributed by atoms with van der Waals surface area (Å²) in [5.41, 5.74) is 0. The van der Waals surface area contributed by atoms with E-state index in [1.54, 1.807) is 0 Å². The molecule has 0 aliphatic carbocycles. The van der Waals surface area contributed by atoms with Gasteiger partial charge in [-0.25, -0.2) is 16.8 Å². The molecule has 0 spiro atoms. The molecule has 0 saturated carbocycles. The second-order valence-corrected chi connectivity index (χ2v) is 4.22. The molecule has 6 nitrogen and oxygen atoms in total. The van der Waals surface area contributed by atoms with E-state index in [1.165, 1.54) is 0 Å². The van der Waals surface area contributed by atoms with Crippen LogP contribution in [0.2, 0.25) is 0 Å². The maximum absolute atomic E-state index is 9.08. The first-order chi connectivity index (χ1) is 4.00. The van der Waals surface area contributed by atoms with Crippen molar-refractivity contribution in [2.45, 2.75) is 0 Å². The second-order valence-electron chi connectivity index (χ2n) is 1.41. The molecule has 1 radical (unpaired) electrons. The van der Waals surface area contributed by atoms with Gasteiger partial charge in [-0.15, -0.1) is 0 Å². The Kier molecular flexibility index (Phi) is 9.39. The Morgan fingerprint density at radius 3 is 0.818 bits per heavy atom. The minimum Gasteiger partial charge on any atom is -0.748 e. The molecule has 9 heteroatoms. The van der Waals surface area contributed by atoms with Gasteiger partial charge in [-0.2, -0.15) is 0 Å². The van der Waals surface area contributed by atoms with Crippen LogP contribution in [-0.4, -0.2) is 38.5 Å². The molecule has 0 aromatic rings. The van der Waals surface area contributed by atoms with Crippen LogP contribution in [0.1, 0.15) is 0 Å². The van der Waals surface area contributed by atoms with Gasteiger partial charge in [-0.1, -0.05) is 0 Å². The van der Waals surface area contributed by atoms with Crippen LogP contribution in [0.15, 0.2) is 0 Å². The van der Waals surface area contributed by atoms with Gasteiger partial charge in [0.05, 0.1) is 20.2 Å². The minimum atomic E-state index is -3.92. The normalized spacial score (nSPS) is 10.5. The molecule has 0 aromatic heterocycles. The maximum atomic E-state index is 9.08.